The molecule has 0 saturated carbocycles. The maximum Gasteiger partial charge on any atom is 0.243 e. The predicted octanol–water partition coefficient (Wildman–Crippen LogP) is -0.0993. The Bertz CT molecular complexity index is 640. The molecule has 2 rings (SSSR count). The zero-order valence-electron chi connectivity index (χ0n) is 12.7. The molecule has 1 unspecified atom stereocenters. The van der Waals surface area contributed by atoms with E-state index < -0.39 is 11.9 Å². The highest BCUT2D eigenvalue weighted by Crippen LogP contribution is 2.12. The van der Waals surface area contributed by atoms with Crippen LogP contribution in [-0.4, -0.2) is 47.9 Å². The second-order valence-electron chi connectivity index (χ2n) is 4.83. The van der Waals surface area contributed by atoms with E-state index >= 15 is 0 Å². The zero-order valence-corrected chi connectivity index (χ0v) is 12.7. The van der Waals surface area contributed by atoms with Crippen LogP contribution >= 0.6 is 0 Å². The number of methoxy groups -OCH3 is 1. The number of nitrogens with two attached hydrogens (primary N) is 1. The molecule has 0 aliphatic rings. The maximum absolute atomic E-state index is 11.8. The van der Waals surface area contributed by atoms with Gasteiger partial charge in [0.05, 0.1) is 18.8 Å². The van der Waals surface area contributed by atoms with Crippen molar-refractivity contribution in [3.05, 3.63) is 42.7 Å². The molecule has 23 heavy (non-hydrogen) atoms. The van der Waals surface area contributed by atoms with E-state index in [2.05, 4.69) is 15.7 Å². The van der Waals surface area contributed by atoms with E-state index in [1.54, 1.807) is 23.0 Å². The fraction of sp³-hybridized carbons (Fsp3) is 0.267. The number of rotatable bonds is 7. The topological polar surface area (TPSA) is 111 Å². The lowest BCUT2D eigenvalue weighted by molar-refractivity contribution is -0.126. The largest absolute Gasteiger partial charge is 0.383 e. The molecule has 1 aromatic carbocycles. The Morgan fingerprint density at radius 2 is 2.09 bits per heavy atom. The van der Waals surface area contributed by atoms with Crippen LogP contribution in [0, 0.1) is 0 Å². The van der Waals surface area contributed by atoms with Crippen molar-refractivity contribution in [1.29, 1.82) is 0 Å². The van der Waals surface area contributed by atoms with E-state index in [0.717, 1.165) is 5.69 Å². The summed E-state index contributed by atoms with van der Waals surface area (Å²) in [4.78, 5) is 23.4. The Hall–Kier alpha value is -2.71. The lowest BCUT2D eigenvalue weighted by atomic mass is 10.2. The maximum atomic E-state index is 11.8. The lowest BCUT2D eigenvalue weighted by Gasteiger charge is -2.11. The van der Waals surface area contributed by atoms with Crippen molar-refractivity contribution in [2.24, 2.45) is 5.73 Å². The highest BCUT2D eigenvalue weighted by molar-refractivity contribution is 5.95. The summed E-state index contributed by atoms with van der Waals surface area (Å²) in [6.07, 6.45) is 3.51. The number of ether oxygens (including phenoxy) is 1. The van der Waals surface area contributed by atoms with E-state index in [0.29, 0.717) is 5.69 Å². The van der Waals surface area contributed by atoms with Gasteiger partial charge in [0.25, 0.3) is 0 Å². The van der Waals surface area contributed by atoms with E-state index in [1.165, 1.54) is 7.11 Å². The summed E-state index contributed by atoms with van der Waals surface area (Å²) < 4.78 is 6.49. The summed E-state index contributed by atoms with van der Waals surface area (Å²) in [6, 6.07) is 8.21. The summed E-state index contributed by atoms with van der Waals surface area (Å²) >= 11 is 0. The monoisotopic (exact) mass is 317 g/mol. The number of nitrogens with one attached hydrogen (secondary N) is 2. The van der Waals surface area contributed by atoms with Gasteiger partial charge in [0.1, 0.15) is 6.04 Å². The average Bonchev–Trinajstić information content (AvgIpc) is 3.08. The van der Waals surface area contributed by atoms with E-state index in [9.17, 15) is 9.59 Å². The van der Waals surface area contributed by atoms with Crippen molar-refractivity contribution < 1.29 is 14.3 Å². The quantitative estimate of drug-likeness (QED) is 0.660. The molecule has 1 atom stereocenters. The molecule has 4 N–H and O–H groups in total. The number of hydrogen-bond acceptors (Lipinski definition) is 5. The van der Waals surface area contributed by atoms with Crippen LogP contribution < -0.4 is 16.4 Å². The van der Waals surface area contributed by atoms with E-state index in [4.69, 9.17) is 10.5 Å². The number of nitrogens with zero attached hydrogens (tertiary/aromatic N) is 2. The molecular formula is C15H19N5O3. The second-order valence-corrected chi connectivity index (χ2v) is 4.83. The Morgan fingerprint density at radius 1 is 1.35 bits per heavy atom. The summed E-state index contributed by atoms with van der Waals surface area (Å²) in [5.74, 6) is -0.772. The number of anilines is 1. The van der Waals surface area contributed by atoms with Crippen molar-refractivity contribution in [3.8, 4) is 5.69 Å². The van der Waals surface area contributed by atoms with Crippen molar-refractivity contribution >= 4 is 17.5 Å². The first-order valence-corrected chi connectivity index (χ1v) is 7.02. The minimum absolute atomic E-state index is 0.0995. The van der Waals surface area contributed by atoms with Gasteiger partial charge in [0, 0.05) is 25.2 Å². The predicted molar refractivity (Wildman–Crippen MR) is 85.1 cm³/mol. The first-order chi connectivity index (χ1) is 11.1. The molecule has 0 fully saturated rings. The van der Waals surface area contributed by atoms with Gasteiger partial charge in [0.15, 0.2) is 0 Å². The standard InChI is InChI=1S/C15H19N5O3/c1-23-10-13(16)15(22)17-9-14(21)19-11-3-5-12(6-4-11)20-8-2-7-18-20/h2-8,13H,9-10,16H2,1H3,(H,17,22)(H,19,21). The fourth-order valence-electron chi connectivity index (χ4n) is 1.88. The van der Waals surface area contributed by atoms with Gasteiger partial charge < -0.3 is 21.1 Å². The Labute approximate surface area is 133 Å². The number of hydrogen-bond donors (Lipinski definition) is 3. The molecule has 2 amide bonds. The second kappa shape index (κ2) is 8.06. The Kier molecular flexibility index (Phi) is 5.84. The molecule has 0 aliphatic heterocycles. The van der Waals surface area contributed by atoms with Gasteiger partial charge in [0.2, 0.25) is 11.8 Å². The average molecular weight is 317 g/mol. The molecule has 8 nitrogen and oxygen atoms in total. The van der Waals surface area contributed by atoms with Gasteiger partial charge in [-0.1, -0.05) is 0 Å². The number of benzene rings is 1. The van der Waals surface area contributed by atoms with E-state index in [1.807, 2.05) is 24.4 Å². The molecule has 2 aromatic rings. The lowest BCUT2D eigenvalue weighted by Crippen LogP contribution is -2.45. The van der Waals surface area contributed by atoms with Crippen LogP contribution in [0.2, 0.25) is 0 Å². The van der Waals surface area contributed by atoms with Crippen molar-refractivity contribution in [2.75, 3.05) is 25.6 Å². The first-order valence-electron chi connectivity index (χ1n) is 7.02. The third-order valence-corrected chi connectivity index (χ3v) is 3.03. The summed E-state index contributed by atoms with van der Waals surface area (Å²) in [7, 11) is 1.45. The van der Waals surface area contributed by atoms with Gasteiger partial charge in [-0.05, 0) is 30.3 Å². The number of aromatic nitrogens is 2. The van der Waals surface area contributed by atoms with Crippen LogP contribution in [0.3, 0.4) is 0 Å². The van der Waals surface area contributed by atoms with Crippen LogP contribution in [0.5, 0.6) is 0 Å². The fourth-order valence-corrected chi connectivity index (χ4v) is 1.88. The van der Waals surface area contributed by atoms with Crippen LogP contribution in [0.4, 0.5) is 5.69 Å². The summed E-state index contributed by atoms with van der Waals surface area (Å²) in [5, 5.41) is 9.25. The van der Waals surface area contributed by atoms with Gasteiger partial charge in [-0.15, -0.1) is 0 Å². The molecule has 0 saturated heterocycles. The van der Waals surface area contributed by atoms with E-state index in [-0.39, 0.29) is 19.1 Å². The third kappa shape index (κ3) is 4.90. The first kappa shape index (κ1) is 16.7. The van der Waals surface area contributed by atoms with Gasteiger partial charge in [-0.3, -0.25) is 9.59 Å². The number of carbonyl (C=O) groups excluding carboxylic acids is 2. The Morgan fingerprint density at radius 3 is 2.70 bits per heavy atom. The highest BCUT2D eigenvalue weighted by atomic mass is 16.5. The molecule has 1 heterocycles. The molecule has 122 valence electrons. The normalized spacial score (nSPS) is 11.7. The van der Waals surface area contributed by atoms with Crippen LogP contribution in [0.1, 0.15) is 0 Å². The zero-order chi connectivity index (χ0) is 16.7. The molecule has 8 heteroatoms. The summed E-state index contributed by atoms with van der Waals surface area (Å²) in [5.41, 5.74) is 7.06. The van der Waals surface area contributed by atoms with Crippen LogP contribution in [-0.2, 0) is 14.3 Å². The van der Waals surface area contributed by atoms with Crippen molar-refractivity contribution in [3.63, 3.8) is 0 Å². The van der Waals surface area contributed by atoms with Gasteiger partial charge in [-0.2, -0.15) is 5.10 Å². The molecule has 0 aliphatic carbocycles. The SMILES string of the molecule is COCC(N)C(=O)NCC(=O)Nc1ccc(-n2cccn2)cc1. The minimum atomic E-state index is -0.791. The molecular weight excluding hydrogens is 298 g/mol. The smallest absolute Gasteiger partial charge is 0.243 e. The van der Waals surface area contributed by atoms with Gasteiger partial charge >= 0.3 is 0 Å². The van der Waals surface area contributed by atoms with Crippen LogP contribution in [0.15, 0.2) is 42.7 Å². The molecule has 0 bridgehead atoms. The molecule has 1 aromatic heterocycles. The molecule has 0 spiro atoms. The van der Waals surface area contributed by atoms with Crippen molar-refractivity contribution in [2.45, 2.75) is 6.04 Å². The minimum Gasteiger partial charge on any atom is -0.383 e. The van der Waals surface area contributed by atoms with Crippen molar-refractivity contribution in [1.82, 2.24) is 15.1 Å². The third-order valence-electron chi connectivity index (χ3n) is 3.03. The number of carbonyl (C=O) groups is 2. The molecule has 0 radical (unpaired) electrons. The Balaban J connectivity index is 1.82. The number of amides is 2. The highest BCUT2D eigenvalue weighted by Gasteiger charge is 2.13. The van der Waals surface area contributed by atoms with Crippen LogP contribution in [0.25, 0.3) is 5.69 Å². The van der Waals surface area contributed by atoms with Gasteiger partial charge in [-0.25, -0.2) is 4.68 Å². The summed E-state index contributed by atoms with van der Waals surface area (Å²) in [6.45, 7) is -0.0561.